The maximum atomic E-state index is 13.2. The largest absolute Gasteiger partial charge is 0.436 e. The molecule has 1 aliphatic carbocycles. The lowest BCUT2D eigenvalue weighted by atomic mass is 10.1. The number of nitrogens with two attached hydrogens (primary N) is 1. The van der Waals surface area contributed by atoms with Gasteiger partial charge >= 0.3 is 5.97 Å². The number of hydrogen-bond donors (Lipinski definition) is 1. The minimum atomic E-state index is -1.41. The summed E-state index contributed by atoms with van der Waals surface area (Å²) < 4.78 is 9.64. The zero-order valence-electron chi connectivity index (χ0n) is 16.5. The van der Waals surface area contributed by atoms with E-state index in [-0.39, 0.29) is 11.9 Å². The highest BCUT2D eigenvalue weighted by Gasteiger charge is 2.46. The predicted octanol–water partition coefficient (Wildman–Crippen LogP) is 2.07. The van der Waals surface area contributed by atoms with Crippen molar-refractivity contribution in [2.24, 2.45) is 5.73 Å². The van der Waals surface area contributed by atoms with Crippen molar-refractivity contribution in [3.63, 3.8) is 0 Å². The molecule has 0 saturated carbocycles. The fourth-order valence-electron chi connectivity index (χ4n) is 3.89. The van der Waals surface area contributed by atoms with Gasteiger partial charge in [-0.25, -0.2) is 9.31 Å². The number of halogens is 1. The number of carbonyl (C=O) groups excluding carboxylic acids is 3. The molecule has 3 aromatic heterocycles. The number of fused-ring (bicyclic) bond motifs is 2. The van der Waals surface area contributed by atoms with E-state index < -0.39 is 17.5 Å². The summed E-state index contributed by atoms with van der Waals surface area (Å²) in [6.07, 6.45) is 4.69. The van der Waals surface area contributed by atoms with Gasteiger partial charge in [0.1, 0.15) is 5.69 Å². The summed E-state index contributed by atoms with van der Waals surface area (Å²) in [5.74, 6) is -1.54. The van der Waals surface area contributed by atoms with Crippen molar-refractivity contribution in [3.05, 3.63) is 70.2 Å². The lowest BCUT2D eigenvalue weighted by molar-refractivity contribution is -0.127. The van der Waals surface area contributed by atoms with Gasteiger partial charge in [0.2, 0.25) is 5.60 Å². The molecule has 5 rings (SSSR count). The highest BCUT2D eigenvalue weighted by atomic mass is 79.9. The smallest absolute Gasteiger partial charge is 0.356 e. The summed E-state index contributed by atoms with van der Waals surface area (Å²) in [5, 5.41) is 4.40. The molecule has 0 radical (unpaired) electrons. The number of hydrogen-bond acceptors (Lipinski definition) is 5. The van der Waals surface area contributed by atoms with Gasteiger partial charge in [-0.15, -0.1) is 0 Å². The number of carbonyl (C=O) groups is 3. The van der Waals surface area contributed by atoms with Gasteiger partial charge in [0.25, 0.3) is 11.8 Å². The monoisotopic (exact) mass is 483 g/mol. The van der Waals surface area contributed by atoms with E-state index in [0.29, 0.717) is 24.5 Å². The molecule has 3 aromatic rings. The molecule has 1 aliphatic heterocycles. The minimum absolute atomic E-state index is 0.182. The molecule has 0 aromatic carbocycles. The summed E-state index contributed by atoms with van der Waals surface area (Å²) in [7, 11) is 0. The van der Waals surface area contributed by atoms with Crippen LogP contribution in [-0.2, 0) is 16.1 Å². The summed E-state index contributed by atoms with van der Waals surface area (Å²) in [6.45, 7) is 2.72. The molecule has 0 fully saturated rings. The van der Waals surface area contributed by atoms with Gasteiger partial charge in [-0.1, -0.05) is 0 Å². The van der Waals surface area contributed by atoms with Crippen LogP contribution in [0, 0.1) is 0 Å². The van der Waals surface area contributed by atoms with E-state index in [0.717, 1.165) is 15.7 Å². The first-order valence-corrected chi connectivity index (χ1v) is 10.5. The van der Waals surface area contributed by atoms with E-state index >= 15 is 0 Å². The van der Waals surface area contributed by atoms with Crippen LogP contribution in [0.5, 0.6) is 0 Å². The van der Waals surface area contributed by atoms with Crippen LogP contribution in [0.2, 0.25) is 0 Å². The molecular formula is C21H18BrN5O4. The normalized spacial score (nSPS) is 18.6. The van der Waals surface area contributed by atoms with Crippen molar-refractivity contribution in [2.45, 2.75) is 25.1 Å². The number of esters is 1. The Kier molecular flexibility index (Phi) is 4.30. The molecule has 0 saturated heterocycles. The summed E-state index contributed by atoms with van der Waals surface area (Å²) in [5.41, 5.74) is 6.18. The Morgan fingerprint density at radius 2 is 1.97 bits per heavy atom. The van der Waals surface area contributed by atoms with Crippen LogP contribution >= 0.6 is 15.9 Å². The molecule has 0 spiro atoms. The van der Waals surface area contributed by atoms with Gasteiger partial charge in [0.05, 0.1) is 11.6 Å². The van der Waals surface area contributed by atoms with E-state index in [9.17, 15) is 14.4 Å². The Morgan fingerprint density at radius 3 is 2.68 bits per heavy atom. The van der Waals surface area contributed by atoms with Gasteiger partial charge in [-0.05, 0) is 65.3 Å². The third kappa shape index (κ3) is 3.14. The van der Waals surface area contributed by atoms with Crippen LogP contribution in [0.1, 0.15) is 39.6 Å². The number of pyridine rings is 1. The predicted molar refractivity (Wildman–Crippen MR) is 113 cm³/mol. The van der Waals surface area contributed by atoms with Crippen LogP contribution in [0.4, 0.5) is 0 Å². The van der Waals surface area contributed by atoms with Crippen LogP contribution in [0.15, 0.2) is 53.2 Å². The van der Waals surface area contributed by atoms with E-state index in [1.807, 2.05) is 23.6 Å². The van der Waals surface area contributed by atoms with Gasteiger partial charge in [0, 0.05) is 29.5 Å². The number of rotatable bonds is 4. The van der Waals surface area contributed by atoms with Crippen molar-refractivity contribution in [1.82, 2.24) is 19.1 Å². The topological polar surface area (TPSA) is 112 Å². The van der Waals surface area contributed by atoms with Crippen LogP contribution in [0.25, 0.3) is 5.52 Å². The van der Waals surface area contributed by atoms with Crippen molar-refractivity contribution < 1.29 is 19.1 Å². The number of amides is 2. The quantitative estimate of drug-likeness (QED) is 0.450. The Bertz CT molecular complexity index is 1280. The third-order valence-electron chi connectivity index (χ3n) is 5.70. The van der Waals surface area contributed by atoms with Gasteiger partial charge in [-0.2, -0.15) is 5.10 Å². The maximum absolute atomic E-state index is 13.2. The molecule has 0 bridgehead atoms. The Balaban J connectivity index is 1.38. The molecular weight excluding hydrogens is 466 g/mol. The van der Waals surface area contributed by atoms with Crippen molar-refractivity contribution in [1.29, 1.82) is 0 Å². The lowest BCUT2D eigenvalue weighted by Gasteiger charge is -2.35. The lowest BCUT2D eigenvalue weighted by Crippen LogP contribution is -2.42. The standard InChI is InChI=1S/C21H18BrN5O4/c1-12-16-4-5-17(19(29)31-21(6-7-21)20(23)30)26(16)9-8-25(12)18(28)15-10-14-3-2-13(22)11-27(14)24-15/h2-7,10-12H,8-9H2,1H3,(H2,23,30). The fourth-order valence-corrected chi connectivity index (χ4v) is 4.22. The average Bonchev–Trinajstić information content (AvgIpc) is 3.20. The number of nitrogens with zero attached hydrogens (tertiary/aromatic N) is 4. The second-order valence-corrected chi connectivity index (χ2v) is 8.51. The summed E-state index contributed by atoms with van der Waals surface area (Å²) >= 11 is 3.40. The molecule has 1 atom stereocenters. The molecule has 9 nitrogen and oxygen atoms in total. The number of ether oxygens (including phenoxy) is 1. The van der Waals surface area contributed by atoms with Gasteiger partial charge in [-0.3, -0.25) is 9.59 Å². The Hall–Kier alpha value is -3.40. The molecule has 2 N–H and O–H groups in total. The highest BCUT2D eigenvalue weighted by Crippen LogP contribution is 2.32. The number of aromatic nitrogens is 3. The Morgan fingerprint density at radius 1 is 1.19 bits per heavy atom. The summed E-state index contributed by atoms with van der Waals surface area (Å²) in [4.78, 5) is 39.0. The second kappa shape index (κ2) is 6.81. The van der Waals surface area contributed by atoms with Crippen LogP contribution in [-0.4, -0.2) is 49.0 Å². The average molecular weight is 484 g/mol. The number of primary amides is 1. The molecule has 158 valence electrons. The van der Waals surface area contributed by atoms with Crippen molar-refractivity contribution >= 4 is 39.2 Å². The SMILES string of the molecule is CC1c2ccc(C(=O)OC3(C(N)=O)C=C3)n2CCN1C(=O)c1cc2ccc(Br)cn2n1. The second-order valence-electron chi connectivity index (χ2n) is 7.60. The van der Waals surface area contributed by atoms with Crippen LogP contribution in [0.3, 0.4) is 0 Å². The minimum Gasteiger partial charge on any atom is -0.436 e. The highest BCUT2D eigenvalue weighted by molar-refractivity contribution is 9.10. The first kappa shape index (κ1) is 19.6. The molecule has 10 heteroatoms. The molecule has 1 unspecified atom stereocenters. The third-order valence-corrected chi connectivity index (χ3v) is 6.17. The molecule has 2 aliphatic rings. The zero-order chi connectivity index (χ0) is 21.9. The molecule has 2 amide bonds. The van der Waals surface area contributed by atoms with E-state index in [2.05, 4.69) is 21.0 Å². The van der Waals surface area contributed by atoms with E-state index in [1.165, 1.54) is 12.2 Å². The van der Waals surface area contributed by atoms with Gasteiger partial charge < -0.3 is 19.9 Å². The van der Waals surface area contributed by atoms with Crippen molar-refractivity contribution in [3.8, 4) is 0 Å². The van der Waals surface area contributed by atoms with E-state index in [4.69, 9.17) is 10.5 Å². The Labute approximate surface area is 185 Å². The molecule has 4 heterocycles. The summed E-state index contributed by atoms with van der Waals surface area (Å²) in [6, 6.07) is 8.68. The van der Waals surface area contributed by atoms with Gasteiger partial charge in [0.15, 0.2) is 5.69 Å². The maximum Gasteiger partial charge on any atom is 0.356 e. The molecule has 31 heavy (non-hydrogen) atoms. The zero-order valence-corrected chi connectivity index (χ0v) is 18.1. The van der Waals surface area contributed by atoms with Crippen molar-refractivity contribution in [2.75, 3.05) is 6.54 Å². The first-order valence-electron chi connectivity index (χ1n) is 9.68. The first-order chi connectivity index (χ1) is 14.8. The van der Waals surface area contributed by atoms with Crippen LogP contribution < -0.4 is 5.73 Å². The van der Waals surface area contributed by atoms with E-state index in [1.54, 1.807) is 33.8 Å². The fraction of sp³-hybridized carbons (Fsp3) is 0.238.